The zero-order chi connectivity index (χ0) is 20.3. The lowest BCUT2D eigenvalue weighted by atomic mass is 10.2. The number of halogens is 1. The van der Waals surface area contributed by atoms with E-state index < -0.39 is 15.9 Å². The van der Waals surface area contributed by atoms with Gasteiger partial charge in [-0.2, -0.15) is 4.31 Å². The second kappa shape index (κ2) is 8.38. The first-order valence-electron chi connectivity index (χ1n) is 8.70. The zero-order valence-electron chi connectivity index (χ0n) is 15.6. The molecule has 0 bridgehead atoms. The van der Waals surface area contributed by atoms with Gasteiger partial charge in [-0.05, 0) is 49.2 Å². The van der Waals surface area contributed by atoms with Gasteiger partial charge in [-0.1, -0.05) is 11.6 Å². The highest BCUT2D eigenvalue weighted by atomic mass is 35.5. The quantitative estimate of drug-likeness (QED) is 0.768. The van der Waals surface area contributed by atoms with Crippen molar-refractivity contribution >= 4 is 33.2 Å². The Bertz CT molecular complexity index is 988. The second-order valence-corrected chi connectivity index (χ2v) is 8.62. The molecule has 0 spiro atoms. The van der Waals surface area contributed by atoms with Crippen molar-refractivity contribution in [2.75, 3.05) is 32.6 Å². The van der Waals surface area contributed by atoms with Crippen molar-refractivity contribution in [1.29, 1.82) is 0 Å². The van der Waals surface area contributed by atoms with E-state index in [4.69, 9.17) is 21.1 Å². The summed E-state index contributed by atoms with van der Waals surface area (Å²) >= 11 is 5.99. The minimum Gasteiger partial charge on any atom is -0.495 e. The Hall–Kier alpha value is -2.29. The van der Waals surface area contributed by atoms with Crippen LogP contribution in [-0.4, -0.2) is 45.9 Å². The fourth-order valence-electron chi connectivity index (χ4n) is 3.06. The summed E-state index contributed by atoms with van der Waals surface area (Å²) in [6.45, 7) is 0.920. The summed E-state index contributed by atoms with van der Waals surface area (Å²) in [6.07, 6.45) is 1.63. The number of anilines is 1. The number of nitrogens with one attached hydrogen (secondary N) is 1. The number of sulfonamides is 1. The molecule has 28 heavy (non-hydrogen) atoms. The largest absolute Gasteiger partial charge is 0.495 e. The number of amides is 1. The molecule has 0 atom stereocenters. The maximum Gasteiger partial charge on any atom is 0.255 e. The van der Waals surface area contributed by atoms with Crippen molar-refractivity contribution < 1.29 is 22.7 Å². The number of carbonyl (C=O) groups is 1. The molecule has 2 aromatic carbocycles. The molecule has 1 heterocycles. The first kappa shape index (κ1) is 20.4. The van der Waals surface area contributed by atoms with E-state index in [1.54, 1.807) is 18.2 Å². The number of carbonyl (C=O) groups excluding carboxylic acids is 1. The molecule has 9 heteroatoms. The highest BCUT2D eigenvalue weighted by Crippen LogP contribution is 2.31. The summed E-state index contributed by atoms with van der Waals surface area (Å²) in [7, 11) is -0.870. The van der Waals surface area contributed by atoms with Crippen LogP contribution < -0.4 is 14.8 Å². The van der Waals surface area contributed by atoms with Crippen molar-refractivity contribution in [3.8, 4) is 11.5 Å². The third-order valence-electron chi connectivity index (χ3n) is 4.52. The first-order chi connectivity index (χ1) is 13.4. The molecule has 150 valence electrons. The molecular weight excluding hydrogens is 404 g/mol. The molecule has 3 rings (SSSR count). The van der Waals surface area contributed by atoms with Crippen molar-refractivity contribution in [3.05, 3.63) is 47.0 Å². The smallest absolute Gasteiger partial charge is 0.255 e. The molecule has 0 aliphatic carbocycles. The van der Waals surface area contributed by atoms with Crippen LogP contribution in [-0.2, 0) is 10.0 Å². The Morgan fingerprint density at radius 2 is 1.68 bits per heavy atom. The van der Waals surface area contributed by atoms with E-state index in [0.717, 1.165) is 12.8 Å². The van der Waals surface area contributed by atoms with E-state index in [9.17, 15) is 13.2 Å². The Morgan fingerprint density at radius 1 is 1.04 bits per heavy atom. The van der Waals surface area contributed by atoms with E-state index in [1.807, 2.05) is 0 Å². The maximum atomic E-state index is 13.0. The number of hydrogen-bond donors (Lipinski definition) is 1. The molecule has 2 aromatic rings. The number of nitrogens with zero attached hydrogens (tertiary/aromatic N) is 1. The highest BCUT2D eigenvalue weighted by Gasteiger charge is 2.30. The van der Waals surface area contributed by atoms with Crippen LogP contribution in [0.5, 0.6) is 11.5 Å². The van der Waals surface area contributed by atoms with E-state index in [1.165, 1.54) is 36.7 Å². The Morgan fingerprint density at radius 3 is 2.32 bits per heavy atom. The third-order valence-corrected chi connectivity index (χ3v) is 6.67. The van der Waals surface area contributed by atoms with Gasteiger partial charge >= 0.3 is 0 Å². The Labute approximate surface area is 169 Å². The topological polar surface area (TPSA) is 84.9 Å². The maximum absolute atomic E-state index is 13.0. The summed E-state index contributed by atoms with van der Waals surface area (Å²) < 4.78 is 37.8. The minimum absolute atomic E-state index is 0.0254. The van der Waals surface area contributed by atoms with Gasteiger partial charge in [0.2, 0.25) is 10.0 Å². The first-order valence-corrected chi connectivity index (χ1v) is 10.5. The molecule has 0 aromatic heterocycles. The molecule has 0 saturated carbocycles. The van der Waals surface area contributed by atoms with E-state index in [0.29, 0.717) is 29.5 Å². The van der Waals surface area contributed by atoms with Gasteiger partial charge in [0.25, 0.3) is 5.91 Å². The van der Waals surface area contributed by atoms with Gasteiger partial charge in [0.1, 0.15) is 16.4 Å². The zero-order valence-corrected chi connectivity index (χ0v) is 17.1. The molecule has 7 nitrogen and oxygen atoms in total. The average molecular weight is 425 g/mol. The monoisotopic (exact) mass is 424 g/mol. The fraction of sp³-hybridized carbons (Fsp3) is 0.316. The van der Waals surface area contributed by atoms with Gasteiger partial charge in [-0.25, -0.2) is 8.42 Å². The molecule has 1 aliphatic heterocycles. The predicted molar refractivity (Wildman–Crippen MR) is 107 cm³/mol. The number of hydrogen-bond acceptors (Lipinski definition) is 5. The number of methoxy groups -OCH3 is 2. The standard InChI is InChI=1S/C19H21ClN2O5S/c1-26-16-8-6-14(20)12-15(16)21-19(23)13-5-7-17(27-2)18(11-13)28(24,25)22-9-3-4-10-22/h5-8,11-12H,3-4,9-10H2,1-2H3,(H,21,23). The summed E-state index contributed by atoms with van der Waals surface area (Å²) in [4.78, 5) is 12.7. The molecule has 1 saturated heterocycles. The van der Waals surface area contributed by atoms with Crippen LogP contribution in [0, 0.1) is 0 Å². The summed E-state index contributed by atoms with van der Waals surface area (Å²) in [5.41, 5.74) is 0.570. The molecule has 1 amide bonds. The minimum atomic E-state index is -3.75. The lowest BCUT2D eigenvalue weighted by molar-refractivity contribution is 0.102. The van der Waals surface area contributed by atoms with Gasteiger partial charge < -0.3 is 14.8 Å². The molecule has 1 N–H and O–H groups in total. The van der Waals surface area contributed by atoms with Crippen LogP contribution in [0.4, 0.5) is 5.69 Å². The van der Waals surface area contributed by atoms with Crippen LogP contribution in [0.2, 0.25) is 5.02 Å². The Balaban J connectivity index is 1.95. The Kier molecular flexibility index (Phi) is 6.12. The van der Waals surface area contributed by atoms with Gasteiger partial charge in [0, 0.05) is 23.7 Å². The lowest BCUT2D eigenvalue weighted by Crippen LogP contribution is -2.28. The van der Waals surface area contributed by atoms with Crippen molar-refractivity contribution in [2.24, 2.45) is 0 Å². The van der Waals surface area contributed by atoms with Crippen LogP contribution in [0.1, 0.15) is 23.2 Å². The van der Waals surface area contributed by atoms with Gasteiger partial charge in [-0.3, -0.25) is 4.79 Å². The normalized spacial score (nSPS) is 14.7. The number of benzene rings is 2. The van der Waals surface area contributed by atoms with Crippen molar-refractivity contribution in [2.45, 2.75) is 17.7 Å². The fourth-order valence-corrected chi connectivity index (χ4v) is 4.93. The molecule has 0 unspecified atom stereocenters. The lowest BCUT2D eigenvalue weighted by Gasteiger charge is -2.18. The highest BCUT2D eigenvalue weighted by molar-refractivity contribution is 7.89. The molecule has 0 radical (unpaired) electrons. The van der Waals surface area contributed by atoms with Gasteiger partial charge in [0.15, 0.2) is 0 Å². The van der Waals surface area contributed by atoms with Crippen molar-refractivity contribution in [3.63, 3.8) is 0 Å². The van der Waals surface area contributed by atoms with Gasteiger partial charge in [-0.15, -0.1) is 0 Å². The van der Waals surface area contributed by atoms with E-state index in [2.05, 4.69) is 5.32 Å². The average Bonchev–Trinajstić information content (AvgIpc) is 3.23. The molecule has 1 aliphatic rings. The van der Waals surface area contributed by atoms with Crippen molar-refractivity contribution in [1.82, 2.24) is 4.31 Å². The van der Waals surface area contributed by atoms with Crippen LogP contribution >= 0.6 is 11.6 Å². The second-order valence-electron chi connectivity index (χ2n) is 6.28. The number of rotatable bonds is 6. The third kappa shape index (κ3) is 4.09. The van der Waals surface area contributed by atoms with Crippen LogP contribution in [0.15, 0.2) is 41.3 Å². The summed E-state index contributed by atoms with van der Waals surface area (Å²) in [5, 5.41) is 3.14. The SMILES string of the molecule is COc1ccc(Cl)cc1NC(=O)c1ccc(OC)c(S(=O)(=O)N2CCCC2)c1. The predicted octanol–water partition coefficient (Wildman–Crippen LogP) is 3.39. The number of ether oxygens (including phenoxy) is 2. The van der Waals surface area contributed by atoms with E-state index in [-0.39, 0.29) is 16.2 Å². The molecule has 1 fully saturated rings. The summed E-state index contributed by atoms with van der Waals surface area (Å²) in [5.74, 6) is 0.154. The summed E-state index contributed by atoms with van der Waals surface area (Å²) in [6, 6.07) is 9.16. The van der Waals surface area contributed by atoms with E-state index >= 15 is 0 Å². The molecular formula is C19H21ClN2O5S. The van der Waals surface area contributed by atoms with Crippen LogP contribution in [0.25, 0.3) is 0 Å². The van der Waals surface area contributed by atoms with Crippen LogP contribution in [0.3, 0.4) is 0 Å². The van der Waals surface area contributed by atoms with Gasteiger partial charge in [0.05, 0.1) is 19.9 Å².